The lowest BCUT2D eigenvalue weighted by Gasteiger charge is -2.08. The minimum absolute atomic E-state index is 0.309. The summed E-state index contributed by atoms with van der Waals surface area (Å²) in [4.78, 5) is 16.5. The van der Waals surface area contributed by atoms with Gasteiger partial charge in [-0.2, -0.15) is 5.10 Å². The van der Waals surface area contributed by atoms with E-state index in [1.165, 1.54) is 0 Å². The fraction of sp³-hybridized carbons (Fsp3) is 0.0500. The number of amides is 1. The quantitative estimate of drug-likeness (QED) is 0.576. The average Bonchev–Trinajstić information content (AvgIpc) is 2.69. The van der Waals surface area contributed by atoms with Crippen molar-refractivity contribution in [3.63, 3.8) is 0 Å². The maximum atomic E-state index is 12.4. The minimum Gasteiger partial charge on any atom is -0.497 e. The van der Waals surface area contributed by atoms with Gasteiger partial charge in [-0.3, -0.25) is 9.78 Å². The lowest BCUT2D eigenvalue weighted by molar-refractivity contribution is 0.0954. The molecule has 1 amide bonds. The normalized spacial score (nSPS) is 11.0. The van der Waals surface area contributed by atoms with Crippen LogP contribution in [0, 0.1) is 0 Å². The molecular weight excluding hydrogens is 314 g/mol. The Bertz CT molecular complexity index is 836. The second kappa shape index (κ2) is 7.88. The molecule has 0 aliphatic carbocycles. The van der Waals surface area contributed by atoms with Gasteiger partial charge in [0.15, 0.2) is 0 Å². The van der Waals surface area contributed by atoms with E-state index in [2.05, 4.69) is 15.5 Å². The van der Waals surface area contributed by atoms with Gasteiger partial charge in [-0.15, -0.1) is 0 Å². The molecular formula is C20H17N3O2. The largest absolute Gasteiger partial charge is 0.497 e. The van der Waals surface area contributed by atoms with Gasteiger partial charge in [0.05, 0.1) is 12.8 Å². The molecule has 124 valence electrons. The van der Waals surface area contributed by atoms with Crippen LogP contribution >= 0.6 is 0 Å². The van der Waals surface area contributed by atoms with Gasteiger partial charge in [-0.1, -0.05) is 36.4 Å². The van der Waals surface area contributed by atoms with Crippen LogP contribution in [0.25, 0.3) is 0 Å². The van der Waals surface area contributed by atoms with Crippen LogP contribution in [0.5, 0.6) is 5.75 Å². The first-order valence-electron chi connectivity index (χ1n) is 7.76. The van der Waals surface area contributed by atoms with Gasteiger partial charge in [-0.05, 0) is 30.3 Å². The highest BCUT2D eigenvalue weighted by Crippen LogP contribution is 2.13. The molecule has 0 spiro atoms. The van der Waals surface area contributed by atoms with Crippen molar-refractivity contribution in [2.24, 2.45) is 5.10 Å². The zero-order valence-electron chi connectivity index (χ0n) is 13.7. The summed E-state index contributed by atoms with van der Waals surface area (Å²) in [5.41, 5.74) is 5.44. The molecule has 0 unspecified atom stereocenters. The van der Waals surface area contributed by atoms with E-state index in [9.17, 15) is 4.79 Å². The van der Waals surface area contributed by atoms with E-state index in [0.717, 1.165) is 11.1 Å². The summed E-state index contributed by atoms with van der Waals surface area (Å²) in [6.45, 7) is 0. The lowest BCUT2D eigenvalue weighted by Crippen LogP contribution is -2.20. The Hall–Kier alpha value is -3.47. The Morgan fingerprint density at radius 2 is 1.72 bits per heavy atom. The molecule has 5 nitrogen and oxygen atoms in total. The maximum absolute atomic E-state index is 12.4. The Kier molecular flexibility index (Phi) is 5.16. The standard InChI is InChI=1S/C20H17N3O2/c1-25-18-11-5-9-16(13-18)20(24)23-22-19(15-7-3-2-4-8-15)17-10-6-12-21-14-17/h2-14H,1H3,(H,23,24)/b22-19-. The van der Waals surface area contributed by atoms with Gasteiger partial charge < -0.3 is 4.74 Å². The van der Waals surface area contributed by atoms with Gasteiger partial charge in [0.2, 0.25) is 0 Å². The van der Waals surface area contributed by atoms with Gasteiger partial charge in [0.1, 0.15) is 5.75 Å². The number of nitrogens with zero attached hydrogens (tertiary/aromatic N) is 2. The van der Waals surface area contributed by atoms with Crippen molar-refractivity contribution >= 4 is 11.6 Å². The number of hydrazone groups is 1. The molecule has 1 heterocycles. The van der Waals surface area contributed by atoms with Crippen molar-refractivity contribution in [2.45, 2.75) is 0 Å². The number of pyridine rings is 1. The van der Waals surface area contributed by atoms with Crippen molar-refractivity contribution in [2.75, 3.05) is 7.11 Å². The molecule has 5 heteroatoms. The maximum Gasteiger partial charge on any atom is 0.271 e. The van der Waals surface area contributed by atoms with Crippen molar-refractivity contribution in [1.82, 2.24) is 10.4 Å². The monoisotopic (exact) mass is 331 g/mol. The first-order chi connectivity index (χ1) is 12.3. The Morgan fingerprint density at radius 1 is 0.960 bits per heavy atom. The fourth-order valence-corrected chi connectivity index (χ4v) is 2.33. The number of aromatic nitrogens is 1. The molecule has 0 saturated heterocycles. The SMILES string of the molecule is COc1cccc(C(=O)N/N=C(/c2ccccc2)c2cccnc2)c1. The van der Waals surface area contributed by atoms with E-state index in [0.29, 0.717) is 17.0 Å². The summed E-state index contributed by atoms with van der Waals surface area (Å²) in [6, 6.07) is 20.3. The highest BCUT2D eigenvalue weighted by molar-refractivity contribution is 6.13. The van der Waals surface area contributed by atoms with E-state index in [-0.39, 0.29) is 5.91 Å². The number of nitrogens with one attached hydrogen (secondary N) is 1. The van der Waals surface area contributed by atoms with Crippen LogP contribution in [-0.2, 0) is 0 Å². The highest BCUT2D eigenvalue weighted by Gasteiger charge is 2.10. The Morgan fingerprint density at radius 3 is 2.44 bits per heavy atom. The van der Waals surface area contributed by atoms with Crippen LogP contribution < -0.4 is 10.2 Å². The van der Waals surface area contributed by atoms with Crippen LogP contribution in [0.3, 0.4) is 0 Å². The number of ether oxygens (including phenoxy) is 1. The summed E-state index contributed by atoms with van der Waals surface area (Å²) in [5.74, 6) is 0.309. The third-order valence-electron chi connectivity index (χ3n) is 3.58. The molecule has 0 fully saturated rings. The summed E-state index contributed by atoms with van der Waals surface area (Å²) in [5, 5.41) is 4.33. The molecule has 1 N–H and O–H groups in total. The van der Waals surface area contributed by atoms with E-state index in [1.54, 1.807) is 43.8 Å². The number of hydrogen-bond acceptors (Lipinski definition) is 4. The Labute approximate surface area is 146 Å². The molecule has 3 rings (SSSR count). The topological polar surface area (TPSA) is 63.6 Å². The molecule has 3 aromatic rings. The van der Waals surface area contributed by atoms with E-state index in [4.69, 9.17) is 4.74 Å². The molecule has 0 saturated carbocycles. The molecule has 0 aliphatic rings. The molecule has 25 heavy (non-hydrogen) atoms. The zero-order valence-corrected chi connectivity index (χ0v) is 13.7. The van der Waals surface area contributed by atoms with Gasteiger partial charge in [0, 0.05) is 29.1 Å². The molecule has 2 aromatic carbocycles. The van der Waals surface area contributed by atoms with E-state index >= 15 is 0 Å². The lowest BCUT2D eigenvalue weighted by atomic mass is 10.0. The number of hydrogen-bond donors (Lipinski definition) is 1. The third-order valence-corrected chi connectivity index (χ3v) is 3.58. The van der Waals surface area contributed by atoms with Crippen molar-refractivity contribution in [3.8, 4) is 5.75 Å². The summed E-state index contributed by atoms with van der Waals surface area (Å²) >= 11 is 0. The number of rotatable bonds is 5. The zero-order chi connectivity index (χ0) is 17.5. The number of carbonyl (C=O) groups excluding carboxylic acids is 1. The van der Waals surface area contributed by atoms with E-state index < -0.39 is 0 Å². The summed E-state index contributed by atoms with van der Waals surface area (Å²) in [7, 11) is 1.56. The smallest absolute Gasteiger partial charge is 0.271 e. The molecule has 0 bridgehead atoms. The van der Waals surface area contributed by atoms with Crippen molar-refractivity contribution in [3.05, 3.63) is 95.8 Å². The highest BCUT2D eigenvalue weighted by atomic mass is 16.5. The number of benzene rings is 2. The summed E-state index contributed by atoms with van der Waals surface area (Å²) in [6.07, 6.45) is 3.41. The molecule has 0 aliphatic heterocycles. The molecule has 0 radical (unpaired) electrons. The molecule has 0 atom stereocenters. The average molecular weight is 331 g/mol. The predicted octanol–water partition coefficient (Wildman–Crippen LogP) is 3.27. The second-order valence-corrected chi connectivity index (χ2v) is 5.24. The predicted molar refractivity (Wildman–Crippen MR) is 96.8 cm³/mol. The Balaban J connectivity index is 1.90. The summed E-state index contributed by atoms with van der Waals surface area (Å²) < 4.78 is 5.15. The minimum atomic E-state index is -0.309. The van der Waals surface area contributed by atoms with Crippen LogP contribution in [0.4, 0.5) is 0 Å². The van der Waals surface area contributed by atoms with E-state index in [1.807, 2.05) is 42.5 Å². The van der Waals surface area contributed by atoms with Crippen molar-refractivity contribution in [1.29, 1.82) is 0 Å². The van der Waals surface area contributed by atoms with Gasteiger partial charge in [0.25, 0.3) is 5.91 Å². The third kappa shape index (κ3) is 4.09. The first kappa shape index (κ1) is 16.4. The van der Waals surface area contributed by atoms with Crippen LogP contribution in [0.2, 0.25) is 0 Å². The van der Waals surface area contributed by atoms with Crippen LogP contribution in [-0.4, -0.2) is 23.7 Å². The van der Waals surface area contributed by atoms with Crippen molar-refractivity contribution < 1.29 is 9.53 Å². The van der Waals surface area contributed by atoms with Gasteiger partial charge in [-0.25, -0.2) is 5.43 Å². The van der Waals surface area contributed by atoms with Gasteiger partial charge >= 0.3 is 0 Å². The van der Waals surface area contributed by atoms with Crippen LogP contribution in [0.1, 0.15) is 21.5 Å². The fourth-order valence-electron chi connectivity index (χ4n) is 2.33. The molecule has 1 aromatic heterocycles. The number of carbonyl (C=O) groups is 1. The first-order valence-corrected chi connectivity index (χ1v) is 7.76. The second-order valence-electron chi connectivity index (χ2n) is 5.24. The number of methoxy groups -OCH3 is 1. The van der Waals surface area contributed by atoms with Crippen LogP contribution in [0.15, 0.2) is 84.2 Å².